The highest BCUT2D eigenvalue weighted by molar-refractivity contribution is 6.01. The first-order valence-corrected chi connectivity index (χ1v) is 7.06. The van der Waals surface area contributed by atoms with Crippen LogP contribution in [0.5, 0.6) is 0 Å². The molecule has 1 aliphatic heterocycles. The van der Waals surface area contributed by atoms with Crippen molar-refractivity contribution < 1.29 is 22.8 Å². The number of hydrogen-bond donors (Lipinski definition) is 0. The zero-order valence-electron chi connectivity index (χ0n) is 12.1. The van der Waals surface area contributed by atoms with Gasteiger partial charge in [-0.25, -0.2) is 0 Å². The molecule has 1 atom stereocenters. The molecule has 0 unspecified atom stereocenters. The topological polar surface area (TPSA) is 40.6 Å². The highest BCUT2D eigenvalue weighted by Crippen LogP contribution is 2.26. The second kappa shape index (κ2) is 6.37. The van der Waals surface area contributed by atoms with Crippen molar-refractivity contribution in [2.24, 2.45) is 0 Å². The molecule has 2 amide bonds. The number of nitrogens with zero attached hydrogens (tertiary/aromatic N) is 2. The first-order chi connectivity index (χ1) is 10.3. The molecule has 2 rings (SSSR count). The number of amides is 2. The maximum atomic E-state index is 12.4. The minimum absolute atomic E-state index is 0.0773. The smallest absolute Gasteiger partial charge is 0.331 e. The van der Waals surface area contributed by atoms with Gasteiger partial charge in [-0.15, -0.1) is 0 Å². The van der Waals surface area contributed by atoms with E-state index in [4.69, 9.17) is 0 Å². The molecule has 7 heteroatoms. The van der Waals surface area contributed by atoms with Crippen LogP contribution < -0.4 is 4.90 Å². The van der Waals surface area contributed by atoms with Crippen LogP contribution in [0.2, 0.25) is 0 Å². The van der Waals surface area contributed by atoms with E-state index < -0.39 is 24.5 Å². The zero-order valence-corrected chi connectivity index (χ0v) is 12.1. The van der Waals surface area contributed by atoms with Crippen molar-refractivity contribution in [1.29, 1.82) is 0 Å². The second-order valence-corrected chi connectivity index (χ2v) is 5.10. The van der Waals surface area contributed by atoms with Crippen molar-refractivity contribution in [3.8, 4) is 0 Å². The summed E-state index contributed by atoms with van der Waals surface area (Å²) >= 11 is 0. The average Bonchev–Trinajstić information content (AvgIpc) is 2.81. The maximum absolute atomic E-state index is 12.4. The van der Waals surface area contributed by atoms with Gasteiger partial charge in [0.25, 0.3) is 0 Å². The average molecular weight is 314 g/mol. The molecule has 120 valence electrons. The molecule has 0 saturated carbocycles. The fourth-order valence-electron chi connectivity index (χ4n) is 2.66. The van der Waals surface area contributed by atoms with Crippen LogP contribution in [0, 0.1) is 0 Å². The number of hydrogen-bond acceptors (Lipinski definition) is 2. The fourth-order valence-corrected chi connectivity index (χ4v) is 2.66. The van der Waals surface area contributed by atoms with Crippen LogP contribution in [-0.2, 0) is 9.59 Å². The summed E-state index contributed by atoms with van der Waals surface area (Å²) in [6.45, 7) is 2.05. The largest absolute Gasteiger partial charge is 0.397 e. The first kappa shape index (κ1) is 16.3. The van der Waals surface area contributed by atoms with Gasteiger partial charge in [0.15, 0.2) is 0 Å². The lowest BCUT2D eigenvalue weighted by molar-refractivity contribution is -0.164. The summed E-state index contributed by atoms with van der Waals surface area (Å²) < 4.78 is 37.2. The van der Waals surface area contributed by atoms with Gasteiger partial charge in [0.1, 0.15) is 12.5 Å². The summed E-state index contributed by atoms with van der Waals surface area (Å²) in [6.07, 6.45) is -5.76. The molecule has 1 aliphatic rings. The third-order valence-electron chi connectivity index (χ3n) is 3.63. The van der Waals surface area contributed by atoms with E-state index >= 15 is 0 Å². The van der Waals surface area contributed by atoms with E-state index in [1.807, 2.05) is 6.07 Å². The van der Waals surface area contributed by atoms with E-state index in [-0.39, 0.29) is 12.5 Å². The van der Waals surface area contributed by atoms with E-state index in [0.717, 1.165) is 4.90 Å². The van der Waals surface area contributed by atoms with Crippen molar-refractivity contribution in [3.05, 3.63) is 30.3 Å². The van der Waals surface area contributed by atoms with Gasteiger partial charge in [0, 0.05) is 18.8 Å². The monoisotopic (exact) mass is 314 g/mol. The van der Waals surface area contributed by atoms with E-state index in [1.54, 1.807) is 31.2 Å². The fraction of sp³-hybridized carbons (Fsp3) is 0.467. The Kier molecular flexibility index (Phi) is 4.73. The Hall–Kier alpha value is -2.05. The van der Waals surface area contributed by atoms with Gasteiger partial charge in [0.05, 0.1) is 0 Å². The molecule has 1 aromatic carbocycles. The van der Waals surface area contributed by atoms with E-state index in [2.05, 4.69) is 0 Å². The second-order valence-electron chi connectivity index (χ2n) is 5.10. The predicted molar refractivity (Wildman–Crippen MR) is 75.3 cm³/mol. The molecule has 1 heterocycles. The maximum Gasteiger partial charge on any atom is 0.397 e. The van der Waals surface area contributed by atoms with Crippen molar-refractivity contribution >= 4 is 17.5 Å². The van der Waals surface area contributed by atoms with Crippen molar-refractivity contribution in [2.75, 3.05) is 18.0 Å². The van der Waals surface area contributed by atoms with E-state index in [9.17, 15) is 22.8 Å². The lowest BCUT2D eigenvalue weighted by atomic mass is 10.2. The van der Waals surface area contributed by atoms with Crippen LogP contribution in [0.25, 0.3) is 0 Å². The number of likely N-dealkylation sites (N-methyl/N-ethyl adjacent to an activating group) is 1. The van der Waals surface area contributed by atoms with Gasteiger partial charge < -0.3 is 9.80 Å². The number of para-hydroxylation sites is 1. The minimum Gasteiger partial charge on any atom is -0.331 e. The lowest BCUT2D eigenvalue weighted by Gasteiger charge is -2.27. The normalized spacial score (nSPS) is 18.6. The summed E-state index contributed by atoms with van der Waals surface area (Å²) in [5.41, 5.74) is 0.689. The SMILES string of the molecule is CCN(C(=O)CC(F)(F)F)[C@@H]1CCN(c2ccccc2)C1=O. The molecule has 1 fully saturated rings. The van der Waals surface area contributed by atoms with Gasteiger partial charge in [0.2, 0.25) is 11.8 Å². The van der Waals surface area contributed by atoms with Gasteiger partial charge in [-0.3, -0.25) is 9.59 Å². The molecule has 0 bridgehead atoms. The van der Waals surface area contributed by atoms with Gasteiger partial charge in [-0.1, -0.05) is 18.2 Å². The van der Waals surface area contributed by atoms with Gasteiger partial charge in [-0.05, 0) is 25.5 Å². The molecule has 0 spiro atoms. The molecule has 1 saturated heterocycles. The number of rotatable bonds is 4. The van der Waals surface area contributed by atoms with Gasteiger partial charge in [-0.2, -0.15) is 13.2 Å². The predicted octanol–water partition coefficient (Wildman–Crippen LogP) is 2.59. The van der Waals surface area contributed by atoms with Crippen LogP contribution >= 0.6 is 0 Å². The van der Waals surface area contributed by atoms with Crippen molar-refractivity contribution in [3.63, 3.8) is 0 Å². The molecule has 1 aromatic rings. The Morgan fingerprint density at radius 2 is 1.95 bits per heavy atom. The molecule has 0 aliphatic carbocycles. The third-order valence-corrected chi connectivity index (χ3v) is 3.63. The summed E-state index contributed by atoms with van der Waals surface area (Å²) in [7, 11) is 0. The molecule has 4 nitrogen and oxygen atoms in total. The Morgan fingerprint density at radius 3 is 2.50 bits per heavy atom. The van der Waals surface area contributed by atoms with E-state index in [1.165, 1.54) is 4.90 Å². The number of carbonyl (C=O) groups excluding carboxylic acids is 2. The Bertz CT molecular complexity index is 545. The molecule has 0 aromatic heterocycles. The Morgan fingerprint density at radius 1 is 1.32 bits per heavy atom. The number of carbonyl (C=O) groups is 2. The first-order valence-electron chi connectivity index (χ1n) is 7.06. The number of anilines is 1. The summed E-state index contributed by atoms with van der Waals surface area (Å²) in [5, 5.41) is 0. The highest BCUT2D eigenvalue weighted by Gasteiger charge is 2.41. The lowest BCUT2D eigenvalue weighted by Crippen LogP contribution is -2.46. The Balaban J connectivity index is 2.12. The number of alkyl halides is 3. The molecule has 0 N–H and O–H groups in total. The van der Waals surface area contributed by atoms with Crippen LogP contribution in [0.15, 0.2) is 30.3 Å². The zero-order chi connectivity index (χ0) is 16.3. The summed E-state index contributed by atoms with van der Waals surface area (Å²) in [5.74, 6) is -1.38. The molecule has 22 heavy (non-hydrogen) atoms. The molecular weight excluding hydrogens is 297 g/mol. The number of halogens is 3. The van der Waals surface area contributed by atoms with Crippen LogP contribution in [-0.4, -0.2) is 42.0 Å². The van der Waals surface area contributed by atoms with Gasteiger partial charge >= 0.3 is 6.18 Å². The summed E-state index contributed by atoms with van der Waals surface area (Å²) in [4.78, 5) is 26.8. The summed E-state index contributed by atoms with van der Waals surface area (Å²) in [6, 6.07) is 8.07. The van der Waals surface area contributed by atoms with Crippen LogP contribution in [0.4, 0.5) is 18.9 Å². The molecular formula is C15H17F3N2O2. The van der Waals surface area contributed by atoms with Crippen LogP contribution in [0.1, 0.15) is 19.8 Å². The standard InChI is InChI=1S/C15H17F3N2O2/c1-2-19(13(21)10-15(16,17)18)12-8-9-20(14(12)22)11-6-4-3-5-7-11/h3-7,12H,2,8-10H2,1H3/t12-/m1/s1. The van der Waals surface area contributed by atoms with E-state index in [0.29, 0.717) is 18.7 Å². The Labute approximate surface area is 126 Å². The number of benzene rings is 1. The molecule has 0 radical (unpaired) electrons. The quantitative estimate of drug-likeness (QED) is 0.857. The third kappa shape index (κ3) is 3.58. The van der Waals surface area contributed by atoms with Crippen LogP contribution in [0.3, 0.4) is 0 Å². The highest BCUT2D eigenvalue weighted by atomic mass is 19.4. The van der Waals surface area contributed by atoms with Crippen molar-refractivity contribution in [1.82, 2.24) is 4.90 Å². The minimum atomic E-state index is -4.56. The van der Waals surface area contributed by atoms with Crippen molar-refractivity contribution in [2.45, 2.75) is 32.0 Å².